The van der Waals surface area contributed by atoms with Crippen molar-refractivity contribution in [2.24, 2.45) is 4.99 Å². The molecule has 0 saturated carbocycles. The van der Waals surface area contributed by atoms with Crippen LogP contribution in [-0.2, 0) is 6.42 Å². The summed E-state index contributed by atoms with van der Waals surface area (Å²) in [5.74, 6) is 0. The monoisotopic (exact) mass is 413 g/mol. The lowest BCUT2D eigenvalue weighted by Crippen LogP contribution is -2.19. The molecule has 1 aliphatic rings. The Balaban J connectivity index is 1.64. The number of rotatable bonds is 5. The van der Waals surface area contributed by atoms with Gasteiger partial charge in [-0.25, -0.2) is 9.50 Å². The van der Waals surface area contributed by atoms with Gasteiger partial charge in [-0.15, -0.1) is 11.3 Å². The summed E-state index contributed by atoms with van der Waals surface area (Å²) in [6.07, 6.45) is 7.79. The van der Waals surface area contributed by atoms with Crippen molar-refractivity contribution in [3.8, 4) is 10.6 Å². The molecule has 0 spiro atoms. The lowest BCUT2D eigenvalue weighted by atomic mass is 10.1. The van der Waals surface area contributed by atoms with Crippen LogP contribution in [0.2, 0.25) is 0 Å². The average Bonchev–Trinajstić information content (AvgIpc) is 3.34. The van der Waals surface area contributed by atoms with Gasteiger partial charge in [0.2, 0.25) is 0 Å². The number of nitrogens with zero attached hydrogens (tertiary/aromatic N) is 4. The predicted octanol–water partition coefficient (Wildman–Crippen LogP) is 5.11. The zero-order chi connectivity index (χ0) is 20.5. The third kappa shape index (κ3) is 3.44. The number of nitrogens with one attached hydrogen (secondary N) is 1. The Bertz CT molecular complexity index is 1250. The van der Waals surface area contributed by atoms with E-state index in [1.54, 1.807) is 11.3 Å². The number of aryl methyl sites for hydroxylation is 1. The van der Waals surface area contributed by atoms with Crippen LogP contribution >= 0.6 is 11.3 Å². The van der Waals surface area contributed by atoms with Gasteiger partial charge in [-0.1, -0.05) is 43.3 Å². The number of benzene rings is 1. The number of aliphatic imine (C=N–C) groups is 1. The molecule has 0 bridgehead atoms. The number of hydrogen-bond donors (Lipinski definition) is 1. The van der Waals surface area contributed by atoms with Gasteiger partial charge in [0.05, 0.1) is 45.4 Å². The maximum absolute atomic E-state index is 5.12. The van der Waals surface area contributed by atoms with E-state index < -0.39 is 0 Å². The van der Waals surface area contributed by atoms with E-state index >= 15 is 0 Å². The summed E-state index contributed by atoms with van der Waals surface area (Å²) < 4.78 is 1.93. The van der Waals surface area contributed by atoms with Crippen LogP contribution in [0.5, 0.6) is 0 Å². The Kier molecular flexibility index (Phi) is 4.93. The largest absolute Gasteiger partial charge is 0.346 e. The summed E-state index contributed by atoms with van der Waals surface area (Å²) in [6.45, 7) is 4.21. The van der Waals surface area contributed by atoms with Gasteiger partial charge >= 0.3 is 0 Å². The Labute approximate surface area is 179 Å². The van der Waals surface area contributed by atoms with Crippen molar-refractivity contribution in [3.63, 3.8) is 0 Å². The van der Waals surface area contributed by atoms with Gasteiger partial charge in [0, 0.05) is 12.6 Å². The van der Waals surface area contributed by atoms with Gasteiger partial charge in [0.25, 0.3) is 0 Å². The first-order valence-corrected chi connectivity index (χ1v) is 11.0. The molecular formula is C24H23N5S. The highest BCUT2D eigenvalue weighted by Gasteiger charge is 2.22. The van der Waals surface area contributed by atoms with Crippen LogP contribution in [0.4, 0.5) is 0 Å². The first-order chi connectivity index (χ1) is 14.7. The average molecular weight is 414 g/mol. The molecule has 1 unspecified atom stereocenters. The summed E-state index contributed by atoms with van der Waals surface area (Å²) in [6, 6.07) is 16.9. The smallest absolute Gasteiger partial charge is 0.128 e. The molecule has 5 nitrogen and oxygen atoms in total. The quantitative estimate of drug-likeness (QED) is 0.495. The molecule has 0 amide bonds. The molecule has 1 aliphatic heterocycles. The lowest BCUT2D eigenvalue weighted by Gasteiger charge is -2.15. The van der Waals surface area contributed by atoms with Crippen LogP contribution < -0.4 is 5.32 Å². The van der Waals surface area contributed by atoms with Crippen molar-refractivity contribution >= 4 is 28.9 Å². The zero-order valence-corrected chi connectivity index (χ0v) is 17.9. The molecule has 4 heterocycles. The molecule has 1 aromatic carbocycles. The second-order valence-electron chi connectivity index (χ2n) is 7.43. The highest BCUT2D eigenvalue weighted by Crippen LogP contribution is 2.37. The summed E-state index contributed by atoms with van der Waals surface area (Å²) in [5, 5.41) is 9.04. The summed E-state index contributed by atoms with van der Waals surface area (Å²) in [7, 11) is 0. The fourth-order valence-electron chi connectivity index (χ4n) is 3.81. The predicted molar refractivity (Wildman–Crippen MR) is 124 cm³/mol. The number of hydrogen-bond acceptors (Lipinski definition) is 5. The van der Waals surface area contributed by atoms with Crippen molar-refractivity contribution in [3.05, 3.63) is 82.6 Å². The molecular weight excluding hydrogens is 390 g/mol. The Hall–Kier alpha value is -3.25. The molecule has 1 N–H and O–H groups in total. The molecule has 0 saturated heterocycles. The highest BCUT2D eigenvalue weighted by atomic mass is 32.1. The van der Waals surface area contributed by atoms with Gasteiger partial charge in [0.15, 0.2) is 0 Å². The topological polar surface area (TPSA) is 54.6 Å². The van der Waals surface area contributed by atoms with Crippen LogP contribution in [0.25, 0.3) is 21.8 Å². The van der Waals surface area contributed by atoms with Gasteiger partial charge < -0.3 is 5.32 Å². The van der Waals surface area contributed by atoms with Crippen molar-refractivity contribution in [1.29, 1.82) is 0 Å². The Morgan fingerprint density at radius 2 is 1.93 bits per heavy atom. The molecule has 30 heavy (non-hydrogen) atoms. The van der Waals surface area contributed by atoms with Crippen LogP contribution in [-0.4, -0.2) is 27.0 Å². The molecule has 0 aliphatic carbocycles. The van der Waals surface area contributed by atoms with Crippen molar-refractivity contribution in [2.45, 2.75) is 32.7 Å². The second-order valence-corrected chi connectivity index (χ2v) is 8.43. The summed E-state index contributed by atoms with van der Waals surface area (Å²) in [4.78, 5) is 10.8. The van der Waals surface area contributed by atoms with Crippen LogP contribution in [0.1, 0.15) is 35.2 Å². The van der Waals surface area contributed by atoms with E-state index in [0.717, 1.165) is 46.0 Å². The Morgan fingerprint density at radius 1 is 1.10 bits per heavy atom. The van der Waals surface area contributed by atoms with Crippen molar-refractivity contribution in [2.75, 3.05) is 0 Å². The molecule has 150 valence electrons. The third-order valence-electron chi connectivity index (χ3n) is 5.35. The first-order valence-electron chi connectivity index (χ1n) is 10.2. The number of thiazole rings is 1. The zero-order valence-electron chi connectivity index (χ0n) is 17.0. The second kappa shape index (κ2) is 7.88. The van der Waals surface area contributed by atoms with Crippen LogP contribution in [0, 0.1) is 6.92 Å². The lowest BCUT2D eigenvalue weighted by molar-refractivity contribution is 0.775. The fraction of sp³-hybridized carbons (Fsp3) is 0.208. The minimum Gasteiger partial charge on any atom is -0.346 e. The van der Waals surface area contributed by atoms with E-state index in [4.69, 9.17) is 4.98 Å². The SMILES string of the molecule is CCC1C=C(c2sc(-c3c(C)nn4ccccc34)nc2Cc2ccccc2)NC=N1. The molecule has 6 heteroatoms. The Morgan fingerprint density at radius 3 is 2.77 bits per heavy atom. The van der Waals surface area contributed by atoms with Gasteiger partial charge in [-0.3, -0.25) is 4.99 Å². The molecule has 0 fully saturated rings. The van der Waals surface area contributed by atoms with E-state index in [1.165, 1.54) is 10.4 Å². The fourth-order valence-corrected chi connectivity index (χ4v) is 4.99. The van der Waals surface area contributed by atoms with E-state index in [1.807, 2.05) is 35.2 Å². The molecule has 1 atom stereocenters. The summed E-state index contributed by atoms with van der Waals surface area (Å²) >= 11 is 1.73. The number of pyridine rings is 1. The third-order valence-corrected chi connectivity index (χ3v) is 6.50. The minimum absolute atomic E-state index is 0.204. The van der Waals surface area contributed by atoms with E-state index in [-0.39, 0.29) is 6.04 Å². The highest BCUT2D eigenvalue weighted by molar-refractivity contribution is 7.16. The maximum atomic E-state index is 5.12. The molecule has 3 aromatic heterocycles. The van der Waals surface area contributed by atoms with Crippen molar-refractivity contribution < 1.29 is 0 Å². The number of fused-ring (bicyclic) bond motifs is 1. The summed E-state index contributed by atoms with van der Waals surface area (Å²) in [5.41, 5.74) is 6.62. The van der Waals surface area contributed by atoms with Gasteiger partial charge in [-0.05, 0) is 37.1 Å². The molecule has 4 aromatic rings. The first kappa shape index (κ1) is 18.8. The normalized spacial score (nSPS) is 15.9. The van der Waals surface area contributed by atoms with Gasteiger partial charge in [0.1, 0.15) is 5.01 Å². The van der Waals surface area contributed by atoms with Crippen LogP contribution in [0.3, 0.4) is 0 Å². The maximum Gasteiger partial charge on any atom is 0.128 e. The molecule has 0 radical (unpaired) electrons. The van der Waals surface area contributed by atoms with Gasteiger partial charge in [-0.2, -0.15) is 5.10 Å². The van der Waals surface area contributed by atoms with Crippen LogP contribution in [0.15, 0.2) is 65.8 Å². The van der Waals surface area contributed by atoms with Crippen molar-refractivity contribution in [1.82, 2.24) is 19.9 Å². The number of aromatic nitrogens is 3. The van der Waals surface area contributed by atoms with E-state index in [9.17, 15) is 0 Å². The standard InChI is InChI=1S/C24H23N5S/c1-3-18-14-19(26-15-25-18)23-20(13-17-9-5-4-6-10-17)27-24(30-23)22-16(2)28-29-12-8-7-11-21(22)29/h4-12,14-15,18H,3,13H2,1-2H3,(H,25,26). The molecule has 5 rings (SSSR count). The minimum atomic E-state index is 0.204. The van der Waals surface area contributed by atoms with E-state index in [0.29, 0.717) is 0 Å². The van der Waals surface area contributed by atoms with E-state index in [2.05, 4.69) is 65.7 Å².